The van der Waals surface area contributed by atoms with Gasteiger partial charge in [-0.25, -0.2) is 0 Å². The highest BCUT2D eigenvalue weighted by atomic mass is 32.2. The van der Waals surface area contributed by atoms with E-state index in [0.29, 0.717) is 23.1 Å². The number of hydrogen-bond donors (Lipinski definition) is 0. The van der Waals surface area contributed by atoms with Crippen LogP contribution >= 0.6 is 11.8 Å². The Morgan fingerprint density at radius 2 is 2.08 bits per heavy atom. The van der Waals surface area contributed by atoms with Crippen LogP contribution in [-0.4, -0.2) is 31.2 Å². The predicted octanol–water partition coefficient (Wildman–Crippen LogP) is 3.68. The lowest BCUT2D eigenvalue weighted by Crippen LogP contribution is -2.06. The Kier molecular flexibility index (Phi) is 4.07. The molecular weight excluding hydrogens is 340 g/mol. The van der Waals surface area contributed by atoms with Crippen molar-refractivity contribution in [2.24, 2.45) is 0 Å². The van der Waals surface area contributed by atoms with Crippen molar-refractivity contribution in [1.29, 1.82) is 0 Å². The maximum atomic E-state index is 12.5. The lowest BCUT2D eigenvalue weighted by molar-refractivity contribution is -0.385. The third-order valence-electron chi connectivity index (χ3n) is 4.61. The Labute approximate surface area is 149 Å². The summed E-state index contributed by atoms with van der Waals surface area (Å²) in [5.41, 5.74) is 0.898. The van der Waals surface area contributed by atoms with Gasteiger partial charge in [-0.1, -0.05) is 23.9 Å². The average molecular weight is 358 g/mol. The number of hydrogen-bond acceptors (Lipinski definition) is 6. The topological polar surface area (TPSA) is 90.9 Å². The zero-order chi connectivity index (χ0) is 17.6. The molecule has 0 saturated heterocycles. The third kappa shape index (κ3) is 3.30. The highest BCUT2D eigenvalue weighted by molar-refractivity contribution is 7.99. The Hall–Kier alpha value is -2.22. The largest absolute Gasteiger partial charge is 0.303 e. The molecule has 130 valence electrons. The van der Waals surface area contributed by atoms with Crippen molar-refractivity contribution in [1.82, 2.24) is 14.8 Å². The van der Waals surface area contributed by atoms with E-state index in [1.54, 1.807) is 19.1 Å². The fourth-order valence-electron chi connectivity index (χ4n) is 2.88. The van der Waals surface area contributed by atoms with Gasteiger partial charge in [-0.15, -0.1) is 10.2 Å². The van der Waals surface area contributed by atoms with Crippen molar-refractivity contribution in [2.75, 3.05) is 5.75 Å². The molecule has 0 aliphatic heterocycles. The van der Waals surface area contributed by atoms with E-state index >= 15 is 0 Å². The number of rotatable bonds is 7. The Morgan fingerprint density at radius 1 is 1.32 bits per heavy atom. The van der Waals surface area contributed by atoms with Gasteiger partial charge in [-0.05, 0) is 32.6 Å². The smallest absolute Gasteiger partial charge is 0.273 e. The van der Waals surface area contributed by atoms with Crippen molar-refractivity contribution in [2.45, 2.75) is 49.7 Å². The molecule has 2 saturated carbocycles. The number of benzene rings is 1. The number of carbonyl (C=O) groups excluding carboxylic acids is 1. The number of carbonyl (C=O) groups is 1. The molecule has 25 heavy (non-hydrogen) atoms. The van der Waals surface area contributed by atoms with Crippen molar-refractivity contribution in [3.63, 3.8) is 0 Å². The van der Waals surface area contributed by atoms with Gasteiger partial charge < -0.3 is 4.57 Å². The van der Waals surface area contributed by atoms with E-state index in [4.69, 9.17) is 0 Å². The van der Waals surface area contributed by atoms with E-state index < -0.39 is 4.92 Å². The Morgan fingerprint density at radius 3 is 2.72 bits per heavy atom. The van der Waals surface area contributed by atoms with E-state index in [1.807, 2.05) is 0 Å². The van der Waals surface area contributed by atoms with Crippen LogP contribution in [0.1, 0.15) is 59.4 Å². The molecule has 0 bridgehead atoms. The lowest BCUT2D eigenvalue weighted by atomic mass is 10.1. The second-order valence-electron chi connectivity index (χ2n) is 6.69. The first-order valence-electron chi connectivity index (χ1n) is 8.40. The molecule has 1 heterocycles. The summed E-state index contributed by atoms with van der Waals surface area (Å²) in [5.74, 6) is 1.66. The van der Waals surface area contributed by atoms with E-state index in [1.165, 1.54) is 30.7 Å². The van der Waals surface area contributed by atoms with E-state index in [9.17, 15) is 14.9 Å². The van der Waals surface area contributed by atoms with Gasteiger partial charge in [-0.2, -0.15) is 0 Å². The Bertz CT molecular complexity index is 856. The number of nitro benzene ring substituents is 1. The van der Waals surface area contributed by atoms with Gasteiger partial charge in [0.15, 0.2) is 10.9 Å². The van der Waals surface area contributed by atoms with Crippen LogP contribution in [0.15, 0.2) is 23.4 Å². The number of thioether (sulfide) groups is 1. The highest BCUT2D eigenvalue weighted by Gasteiger charge is 2.36. The normalized spacial score (nSPS) is 16.8. The summed E-state index contributed by atoms with van der Waals surface area (Å²) in [6.45, 7) is 1.67. The maximum Gasteiger partial charge on any atom is 0.273 e. The van der Waals surface area contributed by atoms with Gasteiger partial charge in [0.1, 0.15) is 5.82 Å². The van der Waals surface area contributed by atoms with Crippen LogP contribution in [0, 0.1) is 17.0 Å². The van der Waals surface area contributed by atoms with Crippen LogP contribution in [-0.2, 0) is 0 Å². The van der Waals surface area contributed by atoms with Gasteiger partial charge in [0.2, 0.25) is 0 Å². The van der Waals surface area contributed by atoms with Crippen LogP contribution in [0.3, 0.4) is 0 Å². The van der Waals surface area contributed by atoms with Crippen LogP contribution < -0.4 is 0 Å². The SMILES string of the molecule is Cc1ccc(C(=O)CSc2nnc(C3CC3)n2C2CC2)cc1[N+](=O)[O-]. The second kappa shape index (κ2) is 6.25. The molecule has 8 heteroatoms. The first-order chi connectivity index (χ1) is 12.0. The third-order valence-corrected chi connectivity index (χ3v) is 5.55. The van der Waals surface area contributed by atoms with Crippen molar-refractivity contribution >= 4 is 23.2 Å². The minimum atomic E-state index is -0.453. The van der Waals surface area contributed by atoms with E-state index in [0.717, 1.165) is 23.8 Å². The molecule has 0 unspecified atom stereocenters. The summed E-state index contributed by atoms with van der Waals surface area (Å²) in [5, 5.41) is 20.4. The first-order valence-corrected chi connectivity index (χ1v) is 9.39. The van der Waals surface area contributed by atoms with Gasteiger partial charge >= 0.3 is 0 Å². The van der Waals surface area contributed by atoms with Crippen molar-refractivity contribution in [3.05, 3.63) is 45.3 Å². The average Bonchev–Trinajstić information content (AvgIpc) is 3.51. The molecule has 1 aromatic carbocycles. The minimum Gasteiger partial charge on any atom is -0.303 e. The molecule has 0 spiro atoms. The molecule has 0 N–H and O–H groups in total. The van der Waals surface area contributed by atoms with Crippen molar-refractivity contribution in [3.8, 4) is 0 Å². The van der Waals surface area contributed by atoms with Crippen LogP contribution in [0.2, 0.25) is 0 Å². The highest BCUT2D eigenvalue weighted by Crippen LogP contribution is 2.46. The standard InChI is InChI=1S/C17H18N4O3S/c1-10-2-3-12(8-14(10)21(23)24)15(22)9-25-17-19-18-16(11-4-5-11)20(17)13-6-7-13/h2-3,8,11,13H,4-7,9H2,1H3. The number of nitro groups is 1. The lowest BCUT2D eigenvalue weighted by Gasteiger charge is -2.08. The predicted molar refractivity (Wildman–Crippen MR) is 93.2 cm³/mol. The van der Waals surface area contributed by atoms with Crippen molar-refractivity contribution < 1.29 is 9.72 Å². The molecule has 7 nitrogen and oxygen atoms in total. The van der Waals surface area contributed by atoms with E-state index in [-0.39, 0.29) is 17.2 Å². The van der Waals surface area contributed by atoms with Crippen LogP contribution in [0.5, 0.6) is 0 Å². The molecule has 2 aromatic rings. The molecule has 2 aliphatic rings. The number of Topliss-reactive ketones (excluding diaryl/α,β-unsaturated/α-hetero) is 1. The Balaban J connectivity index is 1.49. The summed E-state index contributed by atoms with van der Waals surface area (Å²) in [7, 11) is 0. The van der Waals surface area contributed by atoms with Crippen LogP contribution in [0.25, 0.3) is 0 Å². The second-order valence-corrected chi connectivity index (χ2v) is 7.63. The molecule has 1 aromatic heterocycles. The number of aryl methyl sites for hydroxylation is 1. The quantitative estimate of drug-likeness (QED) is 0.324. The summed E-state index contributed by atoms with van der Waals surface area (Å²) in [6, 6.07) is 5.10. The molecule has 0 radical (unpaired) electrons. The molecule has 0 atom stereocenters. The molecule has 2 aliphatic carbocycles. The van der Waals surface area contributed by atoms with Gasteiger partial charge in [0.05, 0.1) is 10.7 Å². The number of aromatic nitrogens is 3. The first kappa shape index (κ1) is 16.3. The minimum absolute atomic E-state index is 0.0204. The molecule has 2 fully saturated rings. The number of ketones is 1. The fourth-order valence-corrected chi connectivity index (χ4v) is 3.78. The van der Waals surface area contributed by atoms with Crippen LogP contribution in [0.4, 0.5) is 5.69 Å². The molecule has 4 rings (SSSR count). The summed E-state index contributed by atoms with van der Waals surface area (Å²) < 4.78 is 2.20. The summed E-state index contributed by atoms with van der Waals surface area (Å²) in [6.07, 6.45) is 4.62. The monoisotopic (exact) mass is 358 g/mol. The van der Waals surface area contributed by atoms with Gasteiger partial charge in [0.25, 0.3) is 5.69 Å². The maximum absolute atomic E-state index is 12.5. The van der Waals surface area contributed by atoms with Gasteiger partial charge in [0, 0.05) is 29.2 Å². The molecule has 0 amide bonds. The summed E-state index contributed by atoms with van der Waals surface area (Å²) in [4.78, 5) is 23.0. The van der Waals surface area contributed by atoms with E-state index in [2.05, 4.69) is 14.8 Å². The summed E-state index contributed by atoms with van der Waals surface area (Å²) >= 11 is 1.37. The molecular formula is C17H18N4O3S. The number of nitrogens with zero attached hydrogens (tertiary/aromatic N) is 4. The van der Waals surface area contributed by atoms with Gasteiger partial charge in [-0.3, -0.25) is 14.9 Å². The zero-order valence-electron chi connectivity index (χ0n) is 13.8. The fraction of sp³-hybridized carbons (Fsp3) is 0.471. The zero-order valence-corrected chi connectivity index (χ0v) is 14.7.